The zero-order valence-corrected chi connectivity index (χ0v) is 11.8. The molecule has 2 rings (SSSR count). The van der Waals surface area contributed by atoms with Gasteiger partial charge < -0.3 is 5.32 Å². The SMILES string of the molecule is CC(C)NCC1CCCN(C)C1c1cscn1. The Labute approximate surface area is 108 Å². The molecule has 2 unspecified atom stereocenters. The molecule has 1 aliphatic heterocycles. The molecule has 0 amide bonds. The van der Waals surface area contributed by atoms with Crippen molar-refractivity contribution in [1.29, 1.82) is 0 Å². The molecular weight excluding hydrogens is 230 g/mol. The van der Waals surface area contributed by atoms with Crippen LogP contribution in [0.2, 0.25) is 0 Å². The number of aromatic nitrogens is 1. The smallest absolute Gasteiger partial charge is 0.0795 e. The van der Waals surface area contributed by atoms with Crippen molar-refractivity contribution in [3.63, 3.8) is 0 Å². The summed E-state index contributed by atoms with van der Waals surface area (Å²) in [6, 6.07) is 1.07. The second-order valence-electron chi connectivity index (χ2n) is 5.30. The molecule has 4 heteroatoms. The molecule has 0 bridgehead atoms. The van der Waals surface area contributed by atoms with Gasteiger partial charge in [-0.05, 0) is 32.4 Å². The monoisotopic (exact) mass is 253 g/mol. The van der Waals surface area contributed by atoms with Crippen molar-refractivity contribution in [1.82, 2.24) is 15.2 Å². The van der Waals surface area contributed by atoms with Gasteiger partial charge in [-0.1, -0.05) is 13.8 Å². The van der Waals surface area contributed by atoms with Crippen LogP contribution in [0.3, 0.4) is 0 Å². The van der Waals surface area contributed by atoms with Crippen LogP contribution < -0.4 is 5.32 Å². The predicted octanol–water partition coefficient (Wildman–Crippen LogP) is 2.52. The number of rotatable bonds is 4. The fourth-order valence-electron chi connectivity index (χ4n) is 2.70. The van der Waals surface area contributed by atoms with Crippen molar-refractivity contribution < 1.29 is 0 Å². The van der Waals surface area contributed by atoms with Gasteiger partial charge in [0.1, 0.15) is 0 Å². The highest BCUT2D eigenvalue weighted by atomic mass is 32.1. The number of hydrogen-bond acceptors (Lipinski definition) is 4. The summed E-state index contributed by atoms with van der Waals surface area (Å²) in [5.41, 5.74) is 3.21. The number of likely N-dealkylation sites (tertiary alicyclic amines) is 1. The van der Waals surface area contributed by atoms with Crippen LogP contribution in [0.25, 0.3) is 0 Å². The molecule has 0 aliphatic carbocycles. The van der Waals surface area contributed by atoms with Gasteiger partial charge in [0.25, 0.3) is 0 Å². The number of hydrogen-bond donors (Lipinski definition) is 1. The maximum absolute atomic E-state index is 4.52. The Balaban J connectivity index is 2.06. The van der Waals surface area contributed by atoms with Crippen molar-refractivity contribution in [2.45, 2.75) is 38.8 Å². The minimum Gasteiger partial charge on any atom is -0.314 e. The second-order valence-corrected chi connectivity index (χ2v) is 6.02. The summed E-state index contributed by atoms with van der Waals surface area (Å²) < 4.78 is 0. The molecule has 1 aliphatic rings. The van der Waals surface area contributed by atoms with Gasteiger partial charge in [-0.2, -0.15) is 0 Å². The van der Waals surface area contributed by atoms with Crippen molar-refractivity contribution in [3.8, 4) is 0 Å². The molecule has 17 heavy (non-hydrogen) atoms. The lowest BCUT2D eigenvalue weighted by Crippen LogP contribution is -2.41. The van der Waals surface area contributed by atoms with Gasteiger partial charge in [-0.15, -0.1) is 11.3 Å². The molecule has 0 radical (unpaired) electrons. The average molecular weight is 253 g/mol. The summed E-state index contributed by atoms with van der Waals surface area (Å²) in [4.78, 5) is 6.98. The van der Waals surface area contributed by atoms with E-state index in [0.717, 1.165) is 6.54 Å². The van der Waals surface area contributed by atoms with Crippen molar-refractivity contribution in [2.75, 3.05) is 20.1 Å². The molecule has 0 spiro atoms. The van der Waals surface area contributed by atoms with Crippen LogP contribution >= 0.6 is 11.3 Å². The minimum atomic E-state index is 0.501. The van der Waals surface area contributed by atoms with E-state index in [2.05, 4.69) is 41.5 Å². The zero-order valence-electron chi connectivity index (χ0n) is 11.0. The van der Waals surface area contributed by atoms with Crippen molar-refractivity contribution in [2.24, 2.45) is 5.92 Å². The summed E-state index contributed by atoms with van der Waals surface area (Å²) in [5, 5.41) is 5.78. The van der Waals surface area contributed by atoms with E-state index < -0.39 is 0 Å². The molecule has 1 aromatic heterocycles. The van der Waals surface area contributed by atoms with E-state index in [1.54, 1.807) is 11.3 Å². The van der Waals surface area contributed by atoms with E-state index in [1.807, 2.05) is 5.51 Å². The third-order valence-corrected chi connectivity index (χ3v) is 4.15. The molecule has 3 nitrogen and oxygen atoms in total. The van der Waals surface area contributed by atoms with E-state index in [0.29, 0.717) is 18.0 Å². The largest absolute Gasteiger partial charge is 0.314 e. The summed E-state index contributed by atoms with van der Waals surface area (Å²) in [6.07, 6.45) is 2.62. The van der Waals surface area contributed by atoms with Crippen LogP contribution in [0, 0.1) is 5.92 Å². The average Bonchev–Trinajstić information content (AvgIpc) is 2.79. The highest BCUT2D eigenvalue weighted by Crippen LogP contribution is 2.34. The standard InChI is InChI=1S/C13H23N3S/c1-10(2)14-7-11-5-4-6-16(3)13(11)12-8-17-9-15-12/h8-11,13-14H,4-7H2,1-3H3. The van der Waals surface area contributed by atoms with Gasteiger partial charge in [0.2, 0.25) is 0 Å². The first-order valence-electron chi connectivity index (χ1n) is 6.50. The first-order valence-corrected chi connectivity index (χ1v) is 7.44. The number of thiazole rings is 1. The van der Waals surface area contributed by atoms with Crippen LogP contribution in [0.4, 0.5) is 0 Å². The van der Waals surface area contributed by atoms with Gasteiger partial charge in [0, 0.05) is 18.0 Å². The molecule has 1 aromatic rings. The molecule has 1 saturated heterocycles. The third kappa shape index (κ3) is 3.27. The van der Waals surface area contributed by atoms with E-state index in [-0.39, 0.29) is 0 Å². The number of nitrogens with one attached hydrogen (secondary N) is 1. The fraction of sp³-hybridized carbons (Fsp3) is 0.769. The Kier molecular flexibility index (Phi) is 4.54. The van der Waals surface area contributed by atoms with Gasteiger partial charge in [0.15, 0.2) is 0 Å². The number of nitrogens with zero attached hydrogens (tertiary/aromatic N) is 2. The Morgan fingerprint density at radius 3 is 3.06 bits per heavy atom. The van der Waals surface area contributed by atoms with E-state index >= 15 is 0 Å². The Morgan fingerprint density at radius 1 is 1.59 bits per heavy atom. The van der Waals surface area contributed by atoms with Gasteiger partial charge in [0.05, 0.1) is 17.2 Å². The third-order valence-electron chi connectivity index (χ3n) is 3.55. The Bertz CT molecular complexity index is 323. The van der Waals surface area contributed by atoms with Crippen molar-refractivity contribution >= 4 is 11.3 Å². The highest BCUT2D eigenvalue weighted by Gasteiger charge is 2.31. The molecule has 2 atom stereocenters. The maximum Gasteiger partial charge on any atom is 0.0795 e. The van der Waals surface area contributed by atoms with Crippen LogP contribution in [0.15, 0.2) is 10.9 Å². The zero-order chi connectivity index (χ0) is 12.3. The van der Waals surface area contributed by atoms with Crippen molar-refractivity contribution in [3.05, 3.63) is 16.6 Å². The summed E-state index contributed by atoms with van der Waals surface area (Å²) in [5.74, 6) is 0.693. The quantitative estimate of drug-likeness (QED) is 0.894. The second kappa shape index (κ2) is 5.94. The predicted molar refractivity (Wildman–Crippen MR) is 73.3 cm³/mol. The molecule has 2 heterocycles. The lowest BCUT2D eigenvalue weighted by molar-refractivity contribution is 0.115. The molecular formula is C13H23N3S. The lowest BCUT2D eigenvalue weighted by Gasteiger charge is -2.38. The normalized spacial score (nSPS) is 26.6. The summed E-state index contributed by atoms with van der Waals surface area (Å²) >= 11 is 1.70. The number of piperidine rings is 1. The Morgan fingerprint density at radius 2 is 2.41 bits per heavy atom. The first-order chi connectivity index (χ1) is 8.18. The van der Waals surface area contributed by atoms with E-state index in [1.165, 1.54) is 25.1 Å². The summed E-state index contributed by atoms with van der Waals surface area (Å²) in [6.45, 7) is 6.72. The van der Waals surface area contributed by atoms with Crippen LogP contribution in [0.5, 0.6) is 0 Å². The molecule has 1 N–H and O–H groups in total. The van der Waals surface area contributed by atoms with E-state index in [4.69, 9.17) is 0 Å². The fourth-order valence-corrected chi connectivity index (χ4v) is 3.28. The van der Waals surface area contributed by atoms with Crippen LogP contribution in [0.1, 0.15) is 38.4 Å². The highest BCUT2D eigenvalue weighted by molar-refractivity contribution is 7.07. The minimum absolute atomic E-state index is 0.501. The van der Waals surface area contributed by atoms with Gasteiger partial charge in [-0.25, -0.2) is 4.98 Å². The molecule has 0 aromatic carbocycles. The van der Waals surface area contributed by atoms with Crippen LogP contribution in [-0.4, -0.2) is 36.1 Å². The molecule has 1 fully saturated rings. The van der Waals surface area contributed by atoms with Gasteiger partial charge >= 0.3 is 0 Å². The lowest BCUT2D eigenvalue weighted by atomic mass is 9.87. The van der Waals surface area contributed by atoms with Gasteiger partial charge in [-0.3, -0.25) is 4.90 Å². The summed E-state index contributed by atoms with van der Waals surface area (Å²) in [7, 11) is 2.23. The van der Waals surface area contributed by atoms with Crippen LogP contribution in [-0.2, 0) is 0 Å². The topological polar surface area (TPSA) is 28.2 Å². The maximum atomic E-state index is 4.52. The molecule has 96 valence electrons. The molecule has 0 saturated carbocycles. The first kappa shape index (κ1) is 13.0. The van der Waals surface area contributed by atoms with E-state index in [9.17, 15) is 0 Å². The Hall–Kier alpha value is -0.450.